The fourth-order valence-corrected chi connectivity index (χ4v) is 3.47. The van der Waals surface area contributed by atoms with Crippen LogP contribution in [0.5, 0.6) is 17.2 Å². The molecule has 0 saturated heterocycles. The molecule has 2 aromatic carbocycles. The molecule has 1 amide bonds. The molecule has 0 aromatic heterocycles. The van der Waals surface area contributed by atoms with Crippen LogP contribution in [0.2, 0.25) is 0 Å². The first kappa shape index (κ1) is 18.5. The maximum atomic E-state index is 12.4. The number of carbonyl (C=O) groups is 1. The van der Waals surface area contributed by atoms with Crippen molar-refractivity contribution in [1.82, 2.24) is 5.32 Å². The van der Waals surface area contributed by atoms with E-state index >= 15 is 0 Å². The van der Waals surface area contributed by atoms with E-state index in [4.69, 9.17) is 14.2 Å². The Morgan fingerprint density at radius 2 is 1.88 bits per heavy atom. The summed E-state index contributed by atoms with van der Waals surface area (Å²) in [6.45, 7) is 3.72. The number of fused-ring (bicyclic) bond motifs is 1. The third-order valence-corrected chi connectivity index (χ3v) is 5.12. The molecule has 1 heterocycles. The van der Waals surface area contributed by atoms with Crippen LogP contribution < -0.4 is 19.5 Å². The van der Waals surface area contributed by atoms with Gasteiger partial charge in [-0.1, -0.05) is 12.1 Å². The Morgan fingerprint density at radius 3 is 2.62 bits per heavy atom. The summed E-state index contributed by atoms with van der Waals surface area (Å²) in [6, 6.07) is 13.5. The van der Waals surface area contributed by atoms with Gasteiger partial charge in [-0.25, -0.2) is 0 Å². The van der Waals surface area contributed by atoms with Crippen molar-refractivity contribution in [2.45, 2.75) is 30.0 Å². The van der Waals surface area contributed by atoms with E-state index in [9.17, 15) is 4.79 Å². The minimum atomic E-state index is -0.210. The molecule has 1 aliphatic heterocycles. The van der Waals surface area contributed by atoms with Crippen molar-refractivity contribution >= 4 is 17.7 Å². The van der Waals surface area contributed by atoms with Crippen molar-refractivity contribution in [3.63, 3.8) is 0 Å². The van der Waals surface area contributed by atoms with Crippen LogP contribution in [0.1, 0.15) is 18.9 Å². The zero-order valence-corrected chi connectivity index (χ0v) is 15.8. The SMILES string of the molecule is COc1ccc(CNC(=O)[C@@H](C)Sc2ccc3c(c2)OCCCO3)cc1. The lowest BCUT2D eigenvalue weighted by atomic mass is 10.2. The van der Waals surface area contributed by atoms with Gasteiger partial charge in [0.15, 0.2) is 11.5 Å². The van der Waals surface area contributed by atoms with E-state index in [1.165, 1.54) is 11.8 Å². The number of nitrogens with one attached hydrogen (secondary N) is 1. The van der Waals surface area contributed by atoms with E-state index in [0.717, 1.165) is 34.1 Å². The van der Waals surface area contributed by atoms with Gasteiger partial charge in [-0.15, -0.1) is 11.8 Å². The van der Waals surface area contributed by atoms with Crippen molar-refractivity contribution in [3.8, 4) is 17.2 Å². The van der Waals surface area contributed by atoms with Gasteiger partial charge in [0.1, 0.15) is 5.75 Å². The predicted molar refractivity (Wildman–Crippen MR) is 102 cm³/mol. The topological polar surface area (TPSA) is 56.8 Å². The first-order valence-electron chi connectivity index (χ1n) is 8.62. The van der Waals surface area contributed by atoms with Crippen molar-refractivity contribution in [2.75, 3.05) is 20.3 Å². The predicted octanol–water partition coefficient (Wildman–Crippen LogP) is 3.65. The number of rotatable bonds is 6. The second-order valence-electron chi connectivity index (χ2n) is 5.98. The highest BCUT2D eigenvalue weighted by atomic mass is 32.2. The summed E-state index contributed by atoms with van der Waals surface area (Å²) in [6.07, 6.45) is 0.876. The Labute approximate surface area is 158 Å². The molecular formula is C20H23NO4S. The number of thioether (sulfide) groups is 1. The summed E-state index contributed by atoms with van der Waals surface area (Å²) in [4.78, 5) is 13.4. The van der Waals surface area contributed by atoms with Crippen LogP contribution in [0.25, 0.3) is 0 Å². The molecule has 5 nitrogen and oxygen atoms in total. The normalized spacial score (nSPS) is 14.2. The molecule has 3 rings (SSSR count). The van der Waals surface area contributed by atoms with Crippen LogP contribution in [0.4, 0.5) is 0 Å². The van der Waals surface area contributed by atoms with E-state index in [2.05, 4.69) is 5.32 Å². The minimum Gasteiger partial charge on any atom is -0.497 e. The van der Waals surface area contributed by atoms with Crippen LogP contribution in [0, 0.1) is 0 Å². The standard InChI is InChI=1S/C20H23NO4S/c1-14(20(22)21-13-15-4-6-16(23-2)7-5-15)26-17-8-9-18-19(12-17)25-11-3-10-24-18/h4-9,12,14H,3,10-11,13H2,1-2H3,(H,21,22)/t14-/m1/s1. The van der Waals surface area contributed by atoms with E-state index in [-0.39, 0.29) is 11.2 Å². The third kappa shape index (κ3) is 4.85. The van der Waals surface area contributed by atoms with Gasteiger partial charge in [0.05, 0.1) is 25.6 Å². The van der Waals surface area contributed by atoms with Gasteiger partial charge in [0.2, 0.25) is 5.91 Å². The number of hydrogen-bond acceptors (Lipinski definition) is 5. The summed E-state index contributed by atoms with van der Waals surface area (Å²) in [5.74, 6) is 2.32. The number of carbonyl (C=O) groups excluding carboxylic acids is 1. The molecular weight excluding hydrogens is 350 g/mol. The smallest absolute Gasteiger partial charge is 0.233 e. The first-order valence-corrected chi connectivity index (χ1v) is 9.50. The van der Waals surface area contributed by atoms with Crippen molar-refractivity contribution in [3.05, 3.63) is 48.0 Å². The molecule has 1 atom stereocenters. The molecule has 138 valence electrons. The molecule has 1 aliphatic rings. The van der Waals surface area contributed by atoms with Crippen LogP contribution >= 0.6 is 11.8 Å². The lowest BCUT2D eigenvalue weighted by molar-refractivity contribution is -0.120. The summed E-state index contributed by atoms with van der Waals surface area (Å²) < 4.78 is 16.5. The quantitative estimate of drug-likeness (QED) is 0.783. The Morgan fingerprint density at radius 1 is 1.15 bits per heavy atom. The summed E-state index contributed by atoms with van der Waals surface area (Å²) >= 11 is 1.50. The second-order valence-corrected chi connectivity index (χ2v) is 7.40. The molecule has 6 heteroatoms. The Kier molecular flexibility index (Phi) is 6.28. The third-order valence-electron chi connectivity index (χ3n) is 4.03. The van der Waals surface area contributed by atoms with E-state index in [1.54, 1.807) is 7.11 Å². The Balaban J connectivity index is 1.54. The van der Waals surface area contributed by atoms with Crippen LogP contribution in [0.3, 0.4) is 0 Å². The number of amides is 1. The average molecular weight is 373 g/mol. The highest BCUT2D eigenvalue weighted by molar-refractivity contribution is 8.00. The van der Waals surface area contributed by atoms with Crippen LogP contribution in [0.15, 0.2) is 47.4 Å². The van der Waals surface area contributed by atoms with Gasteiger partial charge >= 0.3 is 0 Å². The summed E-state index contributed by atoms with van der Waals surface area (Å²) in [5.41, 5.74) is 1.03. The van der Waals surface area contributed by atoms with Crippen molar-refractivity contribution < 1.29 is 19.0 Å². The zero-order valence-electron chi connectivity index (χ0n) is 15.0. The number of benzene rings is 2. The lowest BCUT2D eigenvalue weighted by Gasteiger charge is -2.14. The molecule has 26 heavy (non-hydrogen) atoms. The summed E-state index contributed by atoms with van der Waals surface area (Å²) in [5, 5.41) is 2.76. The number of ether oxygens (including phenoxy) is 3. The highest BCUT2D eigenvalue weighted by Gasteiger charge is 2.16. The Hall–Kier alpha value is -2.34. The molecule has 0 bridgehead atoms. The van der Waals surface area contributed by atoms with Crippen molar-refractivity contribution in [2.24, 2.45) is 0 Å². The van der Waals surface area contributed by atoms with E-state index in [0.29, 0.717) is 19.8 Å². The maximum absolute atomic E-state index is 12.4. The minimum absolute atomic E-state index is 0.00192. The molecule has 0 radical (unpaired) electrons. The largest absolute Gasteiger partial charge is 0.497 e. The molecule has 2 aromatic rings. The molecule has 1 N–H and O–H groups in total. The van der Waals surface area contributed by atoms with Gasteiger partial charge < -0.3 is 19.5 Å². The van der Waals surface area contributed by atoms with Gasteiger partial charge in [-0.3, -0.25) is 4.79 Å². The molecule has 0 fully saturated rings. The fourth-order valence-electron chi connectivity index (χ4n) is 2.55. The molecule has 0 spiro atoms. The second kappa shape index (κ2) is 8.85. The van der Waals surface area contributed by atoms with Gasteiger partial charge in [0.25, 0.3) is 0 Å². The van der Waals surface area contributed by atoms with Gasteiger partial charge in [-0.05, 0) is 42.8 Å². The lowest BCUT2D eigenvalue weighted by Crippen LogP contribution is -2.30. The molecule has 0 unspecified atom stereocenters. The Bertz CT molecular complexity index is 748. The average Bonchev–Trinajstić information content (AvgIpc) is 2.91. The number of hydrogen-bond donors (Lipinski definition) is 1. The monoisotopic (exact) mass is 373 g/mol. The molecule has 0 saturated carbocycles. The van der Waals surface area contributed by atoms with E-state index in [1.807, 2.05) is 49.4 Å². The molecule has 0 aliphatic carbocycles. The highest BCUT2D eigenvalue weighted by Crippen LogP contribution is 2.35. The van der Waals surface area contributed by atoms with Gasteiger partial charge in [-0.2, -0.15) is 0 Å². The van der Waals surface area contributed by atoms with Crippen LogP contribution in [-0.2, 0) is 11.3 Å². The number of methoxy groups -OCH3 is 1. The van der Waals surface area contributed by atoms with Gasteiger partial charge in [0, 0.05) is 17.9 Å². The zero-order chi connectivity index (χ0) is 18.4. The maximum Gasteiger partial charge on any atom is 0.233 e. The summed E-state index contributed by atoms with van der Waals surface area (Å²) in [7, 11) is 1.63. The van der Waals surface area contributed by atoms with Crippen LogP contribution in [-0.4, -0.2) is 31.5 Å². The van der Waals surface area contributed by atoms with Crippen molar-refractivity contribution in [1.29, 1.82) is 0 Å². The fraction of sp³-hybridized carbons (Fsp3) is 0.350. The first-order chi connectivity index (χ1) is 12.7. The van der Waals surface area contributed by atoms with E-state index < -0.39 is 0 Å².